The van der Waals surface area contributed by atoms with Crippen LogP contribution < -0.4 is 5.32 Å². The van der Waals surface area contributed by atoms with Gasteiger partial charge in [-0.15, -0.1) is 0 Å². The molecule has 1 saturated heterocycles. The van der Waals surface area contributed by atoms with E-state index in [4.69, 9.17) is 0 Å². The fraction of sp³-hybridized carbons (Fsp3) is 0.308. The van der Waals surface area contributed by atoms with Gasteiger partial charge in [-0.25, -0.2) is 8.42 Å². The first-order valence-corrected chi connectivity index (χ1v) is 12.6. The van der Waals surface area contributed by atoms with Crippen molar-refractivity contribution in [1.82, 2.24) is 14.6 Å². The molecule has 1 amide bonds. The molecule has 0 radical (unpaired) electrons. The molecule has 3 aromatic rings. The molecular weight excluding hydrogens is 434 g/mol. The van der Waals surface area contributed by atoms with Crippen LogP contribution in [0.15, 0.2) is 59.6 Å². The highest BCUT2D eigenvalue weighted by Crippen LogP contribution is 2.32. The zero-order chi connectivity index (χ0) is 23.6. The van der Waals surface area contributed by atoms with E-state index in [1.165, 1.54) is 10.4 Å². The summed E-state index contributed by atoms with van der Waals surface area (Å²) < 4.78 is 28.2. The zero-order valence-corrected chi connectivity index (χ0v) is 20.1. The van der Waals surface area contributed by atoms with Gasteiger partial charge in [-0.1, -0.05) is 35.9 Å². The fourth-order valence-electron chi connectivity index (χ4n) is 4.06. The predicted molar refractivity (Wildman–Crippen MR) is 129 cm³/mol. The minimum absolute atomic E-state index is 0.160. The van der Waals surface area contributed by atoms with Crippen molar-refractivity contribution in [2.75, 3.05) is 13.1 Å². The van der Waals surface area contributed by atoms with Crippen molar-refractivity contribution in [3.63, 3.8) is 0 Å². The summed E-state index contributed by atoms with van der Waals surface area (Å²) in [7, 11) is -3.68. The number of sulfonamides is 1. The van der Waals surface area contributed by atoms with E-state index in [2.05, 4.69) is 10.3 Å². The summed E-state index contributed by atoms with van der Waals surface area (Å²) in [6.07, 6.45) is 3.44. The van der Waals surface area contributed by atoms with E-state index in [0.29, 0.717) is 25.2 Å². The molecule has 7 heteroatoms. The second-order valence-corrected chi connectivity index (χ2v) is 10.5. The number of rotatable bonds is 6. The van der Waals surface area contributed by atoms with Crippen LogP contribution in [0.25, 0.3) is 11.1 Å². The van der Waals surface area contributed by atoms with Crippen LogP contribution >= 0.6 is 0 Å². The third kappa shape index (κ3) is 4.99. The van der Waals surface area contributed by atoms with Crippen molar-refractivity contribution in [3.8, 4) is 11.1 Å². The molecule has 0 spiro atoms. The van der Waals surface area contributed by atoms with Gasteiger partial charge < -0.3 is 5.32 Å². The van der Waals surface area contributed by atoms with Gasteiger partial charge in [0.15, 0.2) is 0 Å². The summed E-state index contributed by atoms with van der Waals surface area (Å²) in [6, 6.07) is 14.9. The highest BCUT2D eigenvalue weighted by molar-refractivity contribution is 7.89. The van der Waals surface area contributed by atoms with Gasteiger partial charge in [0.1, 0.15) is 0 Å². The number of aryl methyl sites for hydroxylation is 2. The smallest absolute Gasteiger partial charge is 0.251 e. The third-order valence-corrected chi connectivity index (χ3v) is 7.99. The Balaban J connectivity index is 1.74. The Morgan fingerprint density at radius 3 is 2.33 bits per heavy atom. The number of hydrogen-bond donors (Lipinski definition) is 1. The molecule has 0 saturated carbocycles. The molecule has 1 aliphatic heterocycles. The monoisotopic (exact) mass is 463 g/mol. The highest BCUT2D eigenvalue weighted by atomic mass is 32.2. The number of nitrogens with one attached hydrogen (secondary N) is 1. The van der Waals surface area contributed by atoms with Crippen molar-refractivity contribution in [3.05, 3.63) is 82.7 Å². The lowest BCUT2D eigenvalue weighted by Crippen LogP contribution is -2.29. The van der Waals surface area contributed by atoms with Gasteiger partial charge in [0, 0.05) is 37.1 Å². The second kappa shape index (κ2) is 9.45. The molecule has 0 unspecified atom stereocenters. The molecule has 0 bridgehead atoms. The number of benzene rings is 2. The highest BCUT2D eigenvalue weighted by Gasteiger charge is 2.29. The first-order chi connectivity index (χ1) is 15.8. The normalized spacial score (nSPS) is 14.4. The van der Waals surface area contributed by atoms with Gasteiger partial charge in [0.2, 0.25) is 10.0 Å². The van der Waals surface area contributed by atoms with Crippen molar-refractivity contribution in [2.24, 2.45) is 0 Å². The van der Waals surface area contributed by atoms with E-state index >= 15 is 0 Å². The Kier molecular flexibility index (Phi) is 6.63. The molecule has 172 valence electrons. The molecule has 1 aromatic heterocycles. The van der Waals surface area contributed by atoms with Gasteiger partial charge in [-0.2, -0.15) is 4.31 Å². The maximum atomic E-state index is 13.4. The summed E-state index contributed by atoms with van der Waals surface area (Å²) >= 11 is 0. The minimum atomic E-state index is -3.68. The molecule has 6 nitrogen and oxygen atoms in total. The maximum absolute atomic E-state index is 13.4. The van der Waals surface area contributed by atoms with Crippen LogP contribution in [0.4, 0.5) is 0 Å². The predicted octanol–water partition coefficient (Wildman–Crippen LogP) is 4.39. The van der Waals surface area contributed by atoms with Crippen LogP contribution in [0.3, 0.4) is 0 Å². The van der Waals surface area contributed by atoms with Crippen molar-refractivity contribution >= 4 is 15.9 Å². The average Bonchev–Trinajstić information content (AvgIpc) is 3.35. The van der Waals surface area contributed by atoms with Crippen LogP contribution in [0.5, 0.6) is 0 Å². The Bertz CT molecular complexity index is 1260. The third-order valence-electron chi connectivity index (χ3n) is 6.12. The molecule has 1 fully saturated rings. The summed E-state index contributed by atoms with van der Waals surface area (Å²) in [5.74, 6) is -0.306. The summed E-state index contributed by atoms with van der Waals surface area (Å²) in [5.41, 5.74) is 5.65. The number of hydrogen-bond acceptors (Lipinski definition) is 4. The molecule has 4 rings (SSSR count). The average molecular weight is 464 g/mol. The van der Waals surface area contributed by atoms with Gasteiger partial charge >= 0.3 is 0 Å². The molecular formula is C26H29N3O3S. The number of pyridine rings is 1. The fourth-order valence-corrected chi connectivity index (χ4v) is 5.63. The summed E-state index contributed by atoms with van der Waals surface area (Å²) in [5, 5.41) is 2.92. The minimum Gasteiger partial charge on any atom is -0.348 e. The molecule has 0 atom stereocenters. The molecule has 33 heavy (non-hydrogen) atoms. The van der Waals surface area contributed by atoms with E-state index in [1.54, 1.807) is 12.3 Å². The van der Waals surface area contributed by atoms with E-state index in [9.17, 15) is 13.2 Å². The molecule has 2 heterocycles. The first-order valence-electron chi connectivity index (χ1n) is 11.2. The molecule has 1 N–H and O–H groups in total. The number of carbonyl (C=O) groups is 1. The van der Waals surface area contributed by atoms with Crippen molar-refractivity contribution in [2.45, 2.75) is 45.1 Å². The summed E-state index contributed by atoms with van der Waals surface area (Å²) in [6.45, 7) is 7.11. The van der Waals surface area contributed by atoms with Crippen LogP contribution in [-0.4, -0.2) is 36.7 Å². The first kappa shape index (κ1) is 23.1. The second-order valence-electron chi connectivity index (χ2n) is 8.61. The number of amides is 1. The van der Waals surface area contributed by atoms with Crippen LogP contribution in [0, 0.1) is 20.8 Å². The van der Waals surface area contributed by atoms with Crippen LogP contribution in [-0.2, 0) is 16.6 Å². The molecule has 1 aliphatic rings. The van der Waals surface area contributed by atoms with Crippen LogP contribution in [0.1, 0.15) is 45.6 Å². The van der Waals surface area contributed by atoms with E-state index in [0.717, 1.165) is 46.4 Å². The number of carbonyl (C=O) groups excluding carboxylic acids is 1. The lowest BCUT2D eigenvalue weighted by Gasteiger charge is -2.19. The van der Waals surface area contributed by atoms with Gasteiger partial charge in [-0.3, -0.25) is 9.78 Å². The van der Waals surface area contributed by atoms with Crippen molar-refractivity contribution in [1.29, 1.82) is 0 Å². The molecule has 0 aliphatic carbocycles. The Morgan fingerprint density at radius 2 is 1.70 bits per heavy atom. The van der Waals surface area contributed by atoms with Crippen LogP contribution in [0.2, 0.25) is 0 Å². The van der Waals surface area contributed by atoms with Gasteiger partial charge in [-0.05, 0) is 74.1 Å². The maximum Gasteiger partial charge on any atom is 0.251 e. The lowest BCUT2D eigenvalue weighted by atomic mass is 9.95. The Hall–Kier alpha value is -3.03. The molecule has 2 aromatic carbocycles. The van der Waals surface area contributed by atoms with Crippen molar-refractivity contribution < 1.29 is 13.2 Å². The lowest BCUT2D eigenvalue weighted by molar-refractivity contribution is 0.0950. The zero-order valence-electron chi connectivity index (χ0n) is 19.3. The summed E-state index contributed by atoms with van der Waals surface area (Å²) in [4.78, 5) is 17.6. The van der Waals surface area contributed by atoms with Gasteiger partial charge in [0.05, 0.1) is 4.90 Å². The Labute approximate surface area is 195 Å². The van der Waals surface area contributed by atoms with E-state index in [1.807, 2.05) is 57.2 Å². The largest absolute Gasteiger partial charge is 0.348 e. The van der Waals surface area contributed by atoms with E-state index in [-0.39, 0.29) is 10.8 Å². The quantitative estimate of drug-likeness (QED) is 0.588. The standard InChI is InChI=1S/C26H29N3O3S/c1-18-6-10-22(11-7-18)24-14-23(33(31,32)29-12-4-5-13-29)15-25(20(24)3)26(30)28-17-21-9-8-19(2)27-16-21/h6-11,14-16H,4-5,12-13,17H2,1-3H3,(H,28,30). The topological polar surface area (TPSA) is 79.4 Å². The van der Waals surface area contributed by atoms with E-state index < -0.39 is 10.0 Å². The Morgan fingerprint density at radius 1 is 1.00 bits per heavy atom. The van der Waals surface area contributed by atoms with Gasteiger partial charge in [0.25, 0.3) is 5.91 Å². The number of nitrogens with zero attached hydrogens (tertiary/aromatic N) is 2. The number of aromatic nitrogens is 1. The SMILES string of the molecule is Cc1ccc(-c2cc(S(=O)(=O)N3CCCC3)cc(C(=O)NCc3ccc(C)nc3)c2C)cc1.